The second-order valence-corrected chi connectivity index (χ2v) is 7.72. The number of benzene rings is 3. The molecule has 1 aromatic heterocycles. The van der Waals surface area contributed by atoms with Crippen LogP contribution < -0.4 is 10.1 Å². The number of para-hydroxylation sites is 2. The summed E-state index contributed by atoms with van der Waals surface area (Å²) in [4.78, 5) is 15.7. The lowest BCUT2D eigenvalue weighted by molar-refractivity contribution is -0.123. The first-order valence-corrected chi connectivity index (χ1v) is 10.3. The van der Waals surface area contributed by atoms with Gasteiger partial charge in [0.2, 0.25) is 0 Å². The minimum absolute atomic E-state index is 0.00897. The molecule has 1 heterocycles. The Morgan fingerprint density at radius 3 is 2.48 bits per heavy atom. The van der Waals surface area contributed by atoms with E-state index < -0.39 is 0 Å². The van der Waals surface area contributed by atoms with Crippen LogP contribution >= 0.6 is 15.9 Å². The van der Waals surface area contributed by atoms with Crippen molar-refractivity contribution in [1.29, 1.82) is 0 Å². The van der Waals surface area contributed by atoms with E-state index in [9.17, 15) is 4.79 Å². The molecule has 0 spiro atoms. The van der Waals surface area contributed by atoms with Crippen LogP contribution in [-0.4, -0.2) is 24.0 Å². The monoisotopic (exact) mass is 448 g/mol. The number of ether oxygens (including phenoxy) is 1. The number of rotatable bonds is 7. The molecule has 2 N–H and O–H groups in total. The number of amides is 1. The molecule has 0 aliphatic heterocycles. The highest BCUT2D eigenvalue weighted by molar-refractivity contribution is 9.10. The van der Waals surface area contributed by atoms with Crippen molar-refractivity contribution in [3.8, 4) is 5.75 Å². The Bertz CT molecular complexity index is 1090. The largest absolute Gasteiger partial charge is 0.484 e. The number of hydrogen-bond donors (Lipinski definition) is 2. The van der Waals surface area contributed by atoms with Gasteiger partial charge in [0.25, 0.3) is 5.91 Å². The molecule has 0 saturated heterocycles. The molecule has 29 heavy (non-hydrogen) atoms. The normalized spacial score (nSPS) is 11.9. The third-order valence-corrected chi connectivity index (χ3v) is 5.41. The summed E-state index contributed by atoms with van der Waals surface area (Å²) in [5.74, 6) is 0.569. The van der Waals surface area contributed by atoms with Gasteiger partial charge in [0, 0.05) is 34.0 Å². The van der Waals surface area contributed by atoms with Gasteiger partial charge in [-0.3, -0.25) is 4.79 Å². The summed E-state index contributed by atoms with van der Waals surface area (Å²) in [5, 5.41) is 4.19. The predicted octanol–water partition coefficient (Wildman–Crippen LogP) is 5.26. The van der Waals surface area contributed by atoms with Crippen molar-refractivity contribution in [3.63, 3.8) is 0 Å². The molecule has 5 heteroatoms. The van der Waals surface area contributed by atoms with Gasteiger partial charge in [0.1, 0.15) is 5.75 Å². The average Bonchev–Trinajstić information content (AvgIpc) is 3.18. The molecular formula is C24H21BrN2O2. The first kappa shape index (κ1) is 19.3. The summed E-state index contributed by atoms with van der Waals surface area (Å²) in [6.07, 6.45) is 2.03. The maximum atomic E-state index is 12.4. The van der Waals surface area contributed by atoms with E-state index in [0.717, 1.165) is 26.5 Å². The fourth-order valence-electron chi connectivity index (χ4n) is 3.42. The Morgan fingerprint density at radius 2 is 1.69 bits per heavy atom. The third-order valence-electron chi connectivity index (χ3n) is 4.89. The molecule has 1 atom stereocenters. The van der Waals surface area contributed by atoms with Crippen LogP contribution in [0.2, 0.25) is 0 Å². The van der Waals surface area contributed by atoms with E-state index in [4.69, 9.17) is 4.74 Å². The van der Waals surface area contributed by atoms with Crippen LogP contribution in [0.1, 0.15) is 17.0 Å². The Balaban J connectivity index is 1.51. The van der Waals surface area contributed by atoms with Gasteiger partial charge in [-0.15, -0.1) is 0 Å². The Hall–Kier alpha value is -3.05. The SMILES string of the molecule is O=C(COc1ccccc1)NC[C@@H](c1ccc(Br)cc1)c1c[nH]c2ccccc12. The third kappa shape index (κ3) is 4.69. The molecule has 4 nitrogen and oxygen atoms in total. The van der Waals surface area contributed by atoms with E-state index >= 15 is 0 Å². The number of nitrogens with one attached hydrogen (secondary N) is 2. The molecule has 0 radical (unpaired) electrons. The van der Waals surface area contributed by atoms with Gasteiger partial charge in [-0.2, -0.15) is 0 Å². The molecule has 4 rings (SSSR count). The first-order valence-electron chi connectivity index (χ1n) is 9.47. The van der Waals surface area contributed by atoms with Crippen molar-refractivity contribution in [2.75, 3.05) is 13.2 Å². The lowest BCUT2D eigenvalue weighted by Gasteiger charge is -2.18. The van der Waals surface area contributed by atoms with Gasteiger partial charge in [0.15, 0.2) is 6.61 Å². The second kappa shape index (κ2) is 8.97. The van der Waals surface area contributed by atoms with Crippen molar-refractivity contribution in [3.05, 3.63) is 101 Å². The van der Waals surface area contributed by atoms with Crippen LogP contribution in [0.25, 0.3) is 10.9 Å². The van der Waals surface area contributed by atoms with Crippen molar-refractivity contribution in [1.82, 2.24) is 10.3 Å². The number of carbonyl (C=O) groups excluding carboxylic acids is 1. The van der Waals surface area contributed by atoms with Crippen LogP contribution in [0.4, 0.5) is 0 Å². The van der Waals surface area contributed by atoms with Crippen molar-refractivity contribution in [2.45, 2.75) is 5.92 Å². The lowest BCUT2D eigenvalue weighted by atomic mass is 9.91. The lowest BCUT2D eigenvalue weighted by Crippen LogP contribution is -2.32. The summed E-state index contributed by atoms with van der Waals surface area (Å²) in [7, 11) is 0. The standard InChI is InChI=1S/C24H21BrN2O2/c25-18-12-10-17(11-13-18)21(22-15-26-23-9-5-4-8-20(22)23)14-27-24(28)16-29-19-6-2-1-3-7-19/h1-13,15,21,26H,14,16H2,(H,27,28)/t21-/m0/s1. The van der Waals surface area contributed by atoms with E-state index in [0.29, 0.717) is 12.3 Å². The fraction of sp³-hybridized carbons (Fsp3) is 0.125. The van der Waals surface area contributed by atoms with E-state index in [1.807, 2.05) is 60.8 Å². The number of carbonyl (C=O) groups is 1. The van der Waals surface area contributed by atoms with Gasteiger partial charge in [0.05, 0.1) is 0 Å². The highest BCUT2D eigenvalue weighted by atomic mass is 79.9. The number of aromatic nitrogens is 1. The van der Waals surface area contributed by atoms with E-state index in [1.54, 1.807) is 0 Å². The molecule has 0 bridgehead atoms. The maximum absolute atomic E-state index is 12.4. The van der Waals surface area contributed by atoms with E-state index in [2.05, 4.69) is 50.5 Å². The molecule has 4 aromatic rings. The molecule has 0 saturated carbocycles. The number of hydrogen-bond acceptors (Lipinski definition) is 2. The number of halogens is 1. The smallest absolute Gasteiger partial charge is 0.257 e. The maximum Gasteiger partial charge on any atom is 0.257 e. The van der Waals surface area contributed by atoms with Crippen molar-refractivity contribution >= 4 is 32.7 Å². The minimum Gasteiger partial charge on any atom is -0.484 e. The first-order chi connectivity index (χ1) is 14.2. The summed E-state index contributed by atoms with van der Waals surface area (Å²) in [6.45, 7) is 0.478. The predicted molar refractivity (Wildman–Crippen MR) is 119 cm³/mol. The summed E-state index contributed by atoms with van der Waals surface area (Å²) in [6, 6.07) is 25.8. The molecule has 146 valence electrons. The zero-order valence-electron chi connectivity index (χ0n) is 15.8. The molecular weight excluding hydrogens is 428 g/mol. The molecule has 0 aliphatic rings. The number of fused-ring (bicyclic) bond motifs is 1. The Labute approximate surface area is 178 Å². The minimum atomic E-state index is -0.143. The number of H-pyrrole nitrogens is 1. The fourth-order valence-corrected chi connectivity index (χ4v) is 3.68. The van der Waals surface area contributed by atoms with Gasteiger partial charge in [-0.25, -0.2) is 0 Å². The quantitative estimate of drug-likeness (QED) is 0.405. The van der Waals surface area contributed by atoms with Crippen LogP contribution in [0, 0.1) is 0 Å². The zero-order valence-corrected chi connectivity index (χ0v) is 17.4. The van der Waals surface area contributed by atoms with Crippen molar-refractivity contribution < 1.29 is 9.53 Å². The van der Waals surface area contributed by atoms with E-state index in [-0.39, 0.29) is 18.4 Å². The molecule has 3 aromatic carbocycles. The molecule has 0 unspecified atom stereocenters. The Morgan fingerprint density at radius 1 is 0.966 bits per heavy atom. The van der Waals surface area contributed by atoms with Crippen molar-refractivity contribution in [2.24, 2.45) is 0 Å². The number of aromatic amines is 1. The molecule has 1 amide bonds. The van der Waals surface area contributed by atoms with Gasteiger partial charge >= 0.3 is 0 Å². The molecule has 0 fully saturated rings. The van der Waals surface area contributed by atoms with Crippen LogP contribution in [0.3, 0.4) is 0 Å². The summed E-state index contributed by atoms with van der Waals surface area (Å²) >= 11 is 3.50. The van der Waals surface area contributed by atoms with Crippen LogP contribution in [-0.2, 0) is 4.79 Å². The second-order valence-electron chi connectivity index (χ2n) is 6.80. The van der Waals surface area contributed by atoms with Gasteiger partial charge < -0.3 is 15.0 Å². The summed E-state index contributed by atoms with van der Waals surface area (Å²) < 4.78 is 6.59. The highest BCUT2D eigenvalue weighted by Gasteiger charge is 2.19. The average molecular weight is 449 g/mol. The van der Waals surface area contributed by atoms with Gasteiger partial charge in [-0.1, -0.05) is 64.5 Å². The summed E-state index contributed by atoms with van der Waals surface area (Å²) in [5.41, 5.74) is 3.39. The van der Waals surface area contributed by atoms with Gasteiger partial charge in [-0.05, 0) is 41.5 Å². The topological polar surface area (TPSA) is 54.1 Å². The van der Waals surface area contributed by atoms with Crippen LogP contribution in [0.5, 0.6) is 5.75 Å². The van der Waals surface area contributed by atoms with E-state index in [1.165, 1.54) is 0 Å². The Kier molecular flexibility index (Phi) is 5.96. The zero-order chi connectivity index (χ0) is 20.1. The molecule has 0 aliphatic carbocycles. The highest BCUT2D eigenvalue weighted by Crippen LogP contribution is 2.31. The van der Waals surface area contributed by atoms with Crippen LogP contribution in [0.15, 0.2) is 89.5 Å².